The lowest BCUT2D eigenvalue weighted by atomic mass is 10.3. The summed E-state index contributed by atoms with van der Waals surface area (Å²) in [4.78, 5) is 35.2. The standard InChI is InChI=1S/C11H19N3O4/c1-7(10(17)12-2)13-11(18)14(8-3-4-8)6-5-9(15)16/h7-8H,3-6H2,1-2H3,(H,12,17)(H,13,18)(H,15,16). The summed E-state index contributed by atoms with van der Waals surface area (Å²) in [6.07, 6.45) is 1.70. The Bertz CT molecular complexity index is 341. The summed E-state index contributed by atoms with van der Waals surface area (Å²) in [5.74, 6) is -1.22. The summed E-state index contributed by atoms with van der Waals surface area (Å²) in [6, 6.07) is -0.898. The molecule has 102 valence electrons. The van der Waals surface area contributed by atoms with Gasteiger partial charge in [0.25, 0.3) is 0 Å². The third-order valence-electron chi connectivity index (χ3n) is 2.79. The number of carboxylic acid groups (broad SMARTS) is 1. The van der Waals surface area contributed by atoms with Gasteiger partial charge in [-0.15, -0.1) is 0 Å². The minimum Gasteiger partial charge on any atom is -0.481 e. The Labute approximate surface area is 106 Å². The number of rotatable bonds is 6. The summed E-state index contributed by atoms with van der Waals surface area (Å²) in [7, 11) is 1.49. The lowest BCUT2D eigenvalue weighted by Crippen LogP contribution is -2.50. The molecule has 3 N–H and O–H groups in total. The van der Waals surface area contributed by atoms with Crippen molar-refractivity contribution in [2.24, 2.45) is 0 Å². The van der Waals surface area contributed by atoms with E-state index in [1.165, 1.54) is 11.9 Å². The van der Waals surface area contributed by atoms with Crippen molar-refractivity contribution in [2.75, 3.05) is 13.6 Å². The molecule has 0 saturated heterocycles. The van der Waals surface area contributed by atoms with Gasteiger partial charge in [-0.2, -0.15) is 0 Å². The molecule has 7 heteroatoms. The molecule has 0 aromatic carbocycles. The molecule has 0 bridgehead atoms. The zero-order valence-corrected chi connectivity index (χ0v) is 10.6. The molecular weight excluding hydrogens is 238 g/mol. The number of aliphatic carboxylic acids is 1. The second-order valence-electron chi connectivity index (χ2n) is 4.35. The minimum absolute atomic E-state index is 0.0850. The number of nitrogens with zero attached hydrogens (tertiary/aromatic N) is 1. The van der Waals surface area contributed by atoms with Crippen LogP contribution >= 0.6 is 0 Å². The number of carbonyl (C=O) groups is 3. The first-order valence-electron chi connectivity index (χ1n) is 5.96. The van der Waals surface area contributed by atoms with Crippen LogP contribution in [0.25, 0.3) is 0 Å². The highest BCUT2D eigenvalue weighted by Gasteiger charge is 2.33. The molecule has 1 unspecified atom stereocenters. The highest BCUT2D eigenvalue weighted by atomic mass is 16.4. The van der Waals surface area contributed by atoms with Crippen molar-refractivity contribution in [2.45, 2.75) is 38.3 Å². The molecule has 0 spiro atoms. The largest absolute Gasteiger partial charge is 0.481 e. The average molecular weight is 257 g/mol. The van der Waals surface area contributed by atoms with Gasteiger partial charge >= 0.3 is 12.0 Å². The second-order valence-corrected chi connectivity index (χ2v) is 4.35. The number of carbonyl (C=O) groups excluding carboxylic acids is 2. The van der Waals surface area contributed by atoms with Crippen LogP contribution in [0.1, 0.15) is 26.2 Å². The summed E-state index contributed by atoms with van der Waals surface area (Å²) >= 11 is 0. The molecule has 1 atom stereocenters. The van der Waals surface area contributed by atoms with E-state index < -0.39 is 12.0 Å². The molecule has 1 aliphatic carbocycles. The smallest absolute Gasteiger partial charge is 0.318 e. The highest BCUT2D eigenvalue weighted by molar-refractivity contribution is 5.86. The summed E-state index contributed by atoms with van der Waals surface area (Å²) in [6.45, 7) is 1.76. The molecule has 0 aromatic heterocycles. The van der Waals surface area contributed by atoms with Crippen LogP contribution in [0.5, 0.6) is 0 Å². The Hall–Kier alpha value is -1.79. The summed E-state index contributed by atoms with van der Waals surface area (Å²) in [5.41, 5.74) is 0. The predicted octanol–water partition coefficient (Wildman–Crippen LogP) is -0.230. The first-order chi connectivity index (χ1) is 8.45. The van der Waals surface area contributed by atoms with Gasteiger partial charge in [0.1, 0.15) is 6.04 Å². The van der Waals surface area contributed by atoms with Crippen LogP contribution in [0.4, 0.5) is 4.79 Å². The van der Waals surface area contributed by atoms with Crippen molar-refractivity contribution >= 4 is 17.9 Å². The molecule has 1 aliphatic rings. The SMILES string of the molecule is CNC(=O)C(C)NC(=O)N(CCC(=O)O)C1CC1. The lowest BCUT2D eigenvalue weighted by molar-refractivity contribution is -0.137. The first-order valence-corrected chi connectivity index (χ1v) is 5.96. The Kier molecular flexibility index (Phi) is 4.94. The van der Waals surface area contributed by atoms with Gasteiger partial charge in [-0.3, -0.25) is 9.59 Å². The second kappa shape index (κ2) is 6.23. The van der Waals surface area contributed by atoms with E-state index in [0.29, 0.717) is 0 Å². The molecular formula is C11H19N3O4. The fourth-order valence-corrected chi connectivity index (χ4v) is 1.60. The summed E-state index contributed by atoms with van der Waals surface area (Å²) in [5, 5.41) is 13.6. The van der Waals surface area contributed by atoms with Gasteiger partial charge in [-0.1, -0.05) is 0 Å². The van der Waals surface area contributed by atoms with E-state index >= 15 is 0 Å². The topological polar surface area (TPSA) is 98.7 Å². The van der Waals surface area contributed by atoms with Crippen molar-refractivity contribution in [1.82, 2.24) is 15.5 Å². The maximum atomic E-state index is 11.9. The Balaban J connectivity index is 2.49. The van der Waals surface area contributed by atoms with E-state index in [0.717, 1.165) is 12.8 Å². The van der Waals surface area contributed by atoms with E-state index in [9.17, 15) is 14.4 Å². The number of urea groups is 1. The molecule has 0 heterocycles. The van der Waals surface area contributed by atoms with Crippen molar-refractivity contribution in [3.05, 3.63) is 0 Å². The van der Waals surface area contributed by atoms with Crippen LogP contribution in [0.2, 0.25) is 0 Å². The van der Waals surface area contributed by atoms with Gasteiger partial charge in [0.05, 0.1) is 6.42 Å². The molecule has 3 amide bonds. The van der Waals surface area contributed by atoms with Crippen molar-refractivity contribution in [1.29, 1.82) is 0 Å². The van der Waals surface area contributed by atoms with E-state index in [-0.39, 0.29) is 30.9 Å². The number of amides is 3. The maximum absolute atomic E-state index is 11.9. The first kappa shape index (κ1) is 14.3. The van der Waals surface area contributed by atoms with Gasteiger partial charge in [0.15, 0.2) is 0 Å². The highest BCUT2D eigenvalue weighted by Crippen LogP contribution is 2.26. The third kappa shape index (κ3) is 4.23. The van der Waals surface area contributed by atoms with Gasteiger partial charge in [0, 0.05) is 19.6 Å². The van der Waals surface area contributed by atoms with E-state index in [4.69, 9.17) is 5.11 Å². The number of likely N-dealkylation sites (N-methyl/N-ethyl adjacent to an activating group) is 1. The fraction of sp³-hybridized carbons (Fsp3) is 0.727. The molecule has 1 rings (SSSR count). The van der Waals surface area contributed by atoms with Crippen molar-refractivity contribution in [3.8, 4) is 0 Å². The zero-order valence-electron chi connectivity index (χ0n) is 10.6. The van der Waals surface area contributed by atoms with Gasteiger partial charge in [0.2, 0.25) is 5.91 Å². The Morgan fingerprint density at radius 3 is 2.44 bits per heavy atom. The minimum atomic E-state index is -0.937. The maximum Gasteiger partial charge on any atom is 0.318 e. The normalized spacial score (nSPS) is 15.7. The number of hydrogen-bond acceptors (Lipinski definition) is 3. The number of nitrogens with one attached hydrogen (secondary N) is 2. The number of hydrogen-bond donors (Lipinski definition) is 3. The monoisotopic (exact) mass is 257 g/mol. The molecule has 18 heavy (non-hydrogen) atoms. The van der Waals surface area contributed by atoms with Crippen LogP contribution in [-0.2, 0) is 9.59 Å². The Morgan fingerprint density at radius 2 is 2.00 bits per heavy atom. The lowest BCUT2D eigenvalue weighted by Gasteiger charge is -2.24. The zero-order chi connectivity index (χ0) is 13.7. The Morgan fingerprint density at radius 1 is 1.39 bits per heavy atom. The van der Waals surface area contributed by atoms with E-state index in [1.807, 2.05) is 0 Å². The van der Waals surface area contributed by atoms with Crippen LogP contribution in [0.3, 0.4) is 0 Å². The van der Waals surface area contributed by atoms with Gasteiger partial charge in [-0.05, 0) is 19.8 Å². The molecule has 1 saturated carbocycles. The van der Waals surface area contributed by atoms with Crippen molar-refractivity contribution < 1.29 is 19.5 Å². The molecule has 7 nitrogen and oxygen atoms in total. The number of carboxylic acids is 1. The van der Waals surface area contributed by atoms with Crippen LogP contribution in [0, 0.1) is 0 Å². The van der Waals surface area contributed by atoms with Crippen LogP contribution in [0.15, 0.2) is 0 Å². The van der Waals surface area contributed by atoms with E-state index in [2.05, 4.69) is 10.6 Å². The third-order valence-corrected chi connectivity index (χ3v) is 2.79. The van der Waals surface area contributed by atoms with Gasteiger partial charge in [-0.25, -0.2) is 4.79 Å². The quantitative estimate of drug-likeness (QED) is 0.612. The van der Waals surface area contributed by atoms with Crippen molar-refractivity contribution in [3.63, 3.8) is 0 Å². The molecule has 0 aliphatic heterocycles. The molecule has 0 aromatic rings. The summed E-state index contributed by atoms with van der Waals surface area (Å²) < 4.78 is 0. The van der Waals surface area contributed by atoms with Crippen LogP contribution < -0.4 is 10.6 Å². The predicted molar refractivity (Wildman–Crippen MR) is 64.0 cm³/mol. The van der Waals surface area contributed by atoms with Gasteiger partial charge < -0.3 is 20.6 Å². The van der Waals surface area contributed by atoms with Crippen LogP contribution in [-0.4, -0.2) is 53.6 Å². The molecule has 0 radical (unpaired) electrons. The average Bonchev–Trinajstić information content (AvgIpc) is 3.12. The fourth-order valence-electron chi connectivity index (χ4n) is 1.60. The molecule has 1 fully saturated rings. The van der Waals surface area contributed by atoms with E-state index in [1.54, 1.807) is 6.92 Å².